The highest BCUT2D eigenvalue weighted by Gasteiger charge is 2.60. The lowest BCUT2D eigenvalue weighted by molar-refractivity contribution is -0.144. The SMILES string of the molecule is CCCCCC(C)C(=O)NCCCCCCCCC(=O)[C@H]1CN(C2(C(=O)[C@H]3CN[C@@H](CCCC)C(=O)N3)CC2)[C@@H](CCCN=C(N)N)C(=O)N1. The van der Waals surface area contributed by atoms with E-state index in [0.717, 1.165) is 77.0 Å². The lowest BCUT2D eigenvalue weighted by atomic mass is 9.91. The van der Waals surface area contributed by atoms with Crippen LogP contribution in [-0.4, -0.2) is 96.0 Å². The molecule has 1 saturated carbocycles. The molecule has 3 amide bonds. The highest BCUT2D eigenvalue weighted by molar-refractivity contribution is 6.01. The molecule has 0 bridgehead atoms. The largest absolute Gasteiger partial charge is 0.370 e. The summed E-state index contributed by atoms with van der Waals surface area (Å²) in [5.41, 5.74) is 10.1. The van der Waals surface area contributed by atoms with Crippen molar-refractivity contribution in [3.63, 3.8) is 0 Å². The highest BCUT2D eigenvalue weighted by atomic mass is 16.2. The minimum Gasteiger partial charge on any atom is -0.370 e. The number of aliphatic imine (C=N–C) groups is 1. The fraction of sp³-hybridized carbons (Fsp3) is 0.838. The Balaban J connectivity index is 1.48. The predicted molar refractivity (Wildman–Crippen MR) is 196 cm³/mol. The number of hydrogen-bond acceptors (Lipinski definition) is 8. The third kappa shape index (κ3) is 12.6. The first-order chi connectivity index (χ1) is 24.0. The molecular weight excluding hydrogens is 636 g/mol. The standard InChI is InChI=1S/C37H66N8O5/c1-4-6-12-16-26(3)33(48)40-22-14-11-9-8-10-13-19-31(46)29-25-45(30(35(50)44-29)18-15-23-41-36(38)39)37(20-21-37)32(47)28-24-42-27(17-7-5-2)34(49)43-28/h26-30,42H,4-25H2,1-3H3,(H,40,48)(H,43,49)(H,44,50)(H4,38,39,41)/t26?,27-,28+,29+,30-/m0/s1. The fourth-order valence-electron chi connectivity index (χ4n) is 7.33. The maximum Gasteiger partial charge on any atom is 0.238 e. The van der Waals surface area contributed by atoms with Crippen molar-refractivity contribution in [1.29, 1.82) is 0 Å². The van der Waals surface area contributed by atoms with Gasteiger partial charge in [-0.15, -0.1) is 0 Å². The Kier molecular flexibility index (Phi) is 17.7. The van der Waals surface area contributed by atoms with Gasteiger partial charge in [-0.25, -0.2) is 0 Å². The van der Waals surface area contributed by atoms with E-state index in [0.29, 0.717) is 51.7 Å². The van der Waals surface area contributed by atoms with Gasteiger partial charge in [0.1, 0.15) is 12.1 Å². The van der Waals surface area contributed by atoms with Gasteiger partial charge >= 0.3 is 0 Å². The first-order valence-electron chi connectivity index (χ1n) is 19.5. The van der Waals surface area contributed by atoms with Gasteiger partial charge in [0.05, 0.1) is 17.6 Å². The number of ketones is 2. The number of nitrogens with two attached hydrogens (primary N) is 2. The van der Waals surface area contributed by atoms with E-state index < -0.39 is 23.7 Å². The third-order valence-corrected chi connectivity index (χ3v) is 10.6. The molecule has 8 N–H and O–H groups in total. The van der Waals surface area contributed by atoms with Crippen molar-refractivity contribution < 1.29 is 24.0 Å². The summed E-state index contributed by atoms with van der Waals surface area (Å²) in [6.45, 7) is 7.92. The number of Topliss-reactive ketones (excluding diaryl/α,β-unsaturated/α-hetero) is 2. The van der Waals surface area contributed by atoms with Crippen LogP contribution >= 0.6 is 0 Å². The van der Waals surface area contributed by atoms with Gasteiger partial charge in [0.15, 0.2) is 17.5 Å². The molecule has 2 aliphatic heterocycles. The lowest BCUT2D eigenvalue weighted by Crippen LogP contribution is -2.69. The van der Waals surface area contributed by atoms with Crippen LogP contribution in [0.2, 0.25) is 0 Å². The molecule has 1 aliphatic carbocycles. The smallest absolute Gasteiger partial charge is 0.238 e. The molecule has 0 aromatic carbocycles. The maximum absolute atomic E-state index is 14.1. The van der Waals surface area contributed by atoms with Gasteiger partial charge in [0, 0.05) is 38.5 Å². The number of nitrogens with zero attached hydrogens (tertiary/aromatic N) is 2. The molecule has 1 unspecified atom stereocenters. The predicted octanol–water partition coefficient (Wildman–Crippen LogP) is 2.59. The second kappa shape index (κ2) is 21.3. The Morgan fingerprint density at radius 3 is 2.22 bits per heavy atom. The van der Waals surface area contributed by atoms with E-state index in [2.05, 4.69) is 40.1 Å². The molecule has 0 spiro atoms. The summed E-state index contributed by atoms with van der Waals surface area (Å²) in [5, 5.41) is 12.2. The Morgan fingerprint density at radius 1 is 0.880 bits per heavy atom. The van der Waals surface area contributed by atoms with Crippen molar-refractivity contribution in [3.8, 4) is 0 Å². The zero-order chi connectivity index (χ0) is 36.5. The van der Waals surface area contributed by atoms with Gasteiger partial charge in [-0.1, -0.05) is 78.6 Å². The van der Waals surface area contributed by atoms with Crippen molar-refractivity contribution >= 4 is 35.2 Å². The van der Waals surface area contributed by atoms with Crippen LogP contribution in [0.4, 0.5) is 0 Å². The Bertz CT molecular complexity index is 1150. The molecule has 13 heteroatoms. The normalized spacial score (nSPS) is 23.7. The molecule has 3 aliphatic rings. The van der Waals surface area contributed by atoms with Gasteiger partial charge < -0.3 is 32.7 Å². The summed E-state index contributed by atoms with van der Waals surface area (Å²) in [5.74, 6) is -0.332. The van der Waals surface area contributed by atoms with Crippen LogP contribution in [0.5, 0.6) is 0 Å². The second-order valence-electron chi connectivity index (χ2n) is 14.8. The molecule has 0 aromatic rings. The maximum atomic E-state index is 14.1. The van der Waals surface area contributed by atoms with Crippen LogP contribution in [-0.2, 0) is 24.0 Å². The summed E-state index contributed by atoms with van der Waals surface area (Å²) >= 11 is 0. The van der Waals surface area contributed by atoms with Crippen LogP contribution < -0.4 is 32.7 Å². The van der Waals surface area contributed by atoms with Gasteiger partial charge in [0.2, 0.25) is 17.7 Å². The zero-order valence-corrected chi connectivity index (χ0v) is 31.0. The lowest BCUT2D eigenvalue weighted by Gasteiger charge is -2.44. The minimum absolute atomic E-state index is 0.0149. The molecule has 50 heavy (non-hydrogen) atoms. The van der Waals surface area contributed by atoms with E-state index in [1.54, 1.807) is 0 Å². The minimum atomic E-state index is -0.889. The summed E-state index contributed by atoms with van der Waals surface area (Å²) in [6.07, 6.45) is 15.2. The fourth-order valence-corrected chi connectivity index (χ4v) is 7.33. The van der Waals surface area contributed by atoms with E-state index in [1.807, 2.05) is 11.8 Å². The number of amides is 3. The third-order valence-electron chi connectivity index (χ3n) is 10.6. The van der Waals surface area contributed by atoms with Crippen LogP contribution in [0.25, 0.3) is 0 Å². The number of guanidine groups is 1. The molecule has 5 atom stereocenters. The van der Waals surface area contributed by atoms with Gasteiger partial charge in [-0.3, -0.25) is 33.9 Å². The summed E-state index contributed by atoms with van der Waals surface area (Å²) < 4.78 is 0. The van der Waals surface area contributed by atoms with E-state index >= 15 is 0 Å². The average molecular weight is 703 g/mol. The Morgan fingerprint density at radius 2 is 1.56 bits per heavy atom. The topological polar surface area (TPSA) is 201 Å². The monoisotopic (exact) mass is 703 g/mol. The van der Waals surface area contributed by atoms with Crippen LogP contribution in [0, 0.1) is 5.92 Å². The number of unbranched alkanes of at least 4 members (excludes halogenated alkanes) is 8. The van der Waals surface area contributed by atoms with Crippen LogP contribution in [0.3, 0.4) is 0 Å². The molecule has 2 heterocycles. The number of piperazine rings is 2. The summed E-state index contributed by atoms with van der Waals surface area (Å²) in [6, 6.07) is -2.27. The number of rotatable bonds is 25. The molecular formula is C37H66N8O5. The van der Waals surface area contributed by atoms with E-state index in [1.165, 1.54) is 6.42 Å². The van der Waals surface area contributed by atoms with Gasteiger partial charge in [-0.05, 0) is 51.4 Å². The quantitative estimate of drug-likeness (QED) is 0.0470. The summed E-state index contributed by atoms with van der Waals surface area (Å²) in [7, 11) is 0. The summed E-state index contributed by atoms with van der Waals surface area (Å²) in [4.78, 5) is 72.1. The molecule has 3 fully saturated rings. The average Bonchev–Trinajstić information content (AvgIpc) is 3.90. The molecule has 0 aromatic heterocycles. The first-order valence-corrected chi connectivity index (χ1v) is 19.5. The van der Waals surface area contributed by atoms with Crippen molar-refractivity contribution in [1.82, 2.24) is 26.2 Å². The van der Waals surface area contributed by atoms with Crippen LogP contribution in [0.1, 0.15) is 136 Å². The molecule has 13 nitrogen and oxygen atoms in total. The van der Waals surface area contributed by atoms with Crippen LogP contribution in [0.15, 0.2) is 4.99 Å². The van der Waals surface area contributed by atoms with E-state index in [9.17, 15) is 24.0 Å². The van der Waals surface area contributed by atoms with Gasteiger partial charge in [0.25, 0.3) is 0 Å². The zero-order valence-electron chi connectivity index (χ0n) is 31.0. The number of carbonyl (C=O) groups excluding carboxylic acids is 5. The number of nitrogens with one attached hydrogen (secondary N) is 4. The Labute approximate surface area is 299 Å². The molecule has 2 saturated heterocycles. The molecule has 284 valence electrons. The Hall–Kier alpha value is -3.06. The van der Waals surface area contributed by atoms with Crippen molar-refractivity contribution in [2.45, 2.75) is 166 Å². The van der Waals surface area contributed by atoms with E-state index in [4.69, 9.17) is 11.5 Å². The molecule has 3 rings (SSSR count). The second-order valence-corrected chi connectivity index (χ2v) is 14.8. The number of carbonyl (C=O) groups is 5. The number of hydrogen-bond donors (Lipinski definition) is 6. The van der Waals surface area contributed by atoms with E-state index in [-0.39, 0.29) is 53.8 Å². The van der Waals surface area contributed by atoms with Crippen molar-refractivity contribution in [3.05, 3.63) is 0 Å². The van der Waals surface area contributed by atoms with Crippen molar-refractivity contribution in [2.24, 2.45) is 22.4 Å². The van der Waals surface area contributed by atoms with Gasteiger partial charge in [-0.2, -0.15) is 0 Å². The highest BCUT2D eigenvalue weighted by Crippen LogP contribution is 2.46. The van der Waals surface area contributed by atoms with Crippen molar-refractivity contribution in [2.75, 3.05) is 26.2 Å². The first kappa shape index (κ1) is 41.4. The molecule has 0 radical (unpaired) electrons.